The highest BCUT2D eigenvalue weighted by Crippen LogP contribution is 2.36. The van der Waals surface area contributed by atoms with Crippen molar-refractivity contribution >= 4 is 35.8 Å². The minimum Gasteiger partial charge on any atom is -0.491 e. The van der Waals surface area contributed by atoms with Crippen molar-refractivity contribution in [2.24, 2.45) is 23.5 Å². The maximum Gasteiger partial charge on any atom is 0.248 e. The first kappa shape index (κ1) is 33.3. The van der Waals surface area contributed by atoms with Crippen LogP contribution < -0.4 is 15.4 Å². The third-order valence-corrected chi connectivity index (χ3v) is 8.88. The Morgan fingerprint density at radius 3 is 2.80 bits per heavy atom. The van der Waals surface area contributed by atoms with Gasteiger partial charge in [0.15, 0.2) is 0 Å². The third kappa shape index (κ3) is 10.5. The first-order chi connectivity index (χ1) is 19.7. The molecule has 0 saturated heterocycles. The minimum atomic E-state index is -1.09. The summed E-state index contributed by atoms with van der Waals surface area (Å²) in [5, 5.41) is 22.0. The molecule has 2 aromatic carbocycles. The number of thiol groups is 1. The van der Waals surface area contributed by atoms with E-state index in [1.165, 1.54) is 5.56 Å². The van der Waals surface area contributed by atoms with Crippen LogP contribution >= 0.6 is 24.2 Å². The number of aliphatic hydroxyl groups excluding tert-OH is 1. The van der Waals surface area contributed by atoms with Gasteiger partial charge in [0, 0.05) is 42.6 Å². The van der Waals surface area contributed by atoms with E-state index in [2.05, 4.69) is 37.4 Å². The summed E-state index contributed by atoms with van der Waals surface area (Å²) in [5.74, 6) is 1.90. The van der Waals surface area contributed by atoms with Gasteiger partial charge in [-0.15, -0.1) is 0 Å². The fraction of sp³-hybridized carbons (Fsp3) is 0.545. The molecule has 8 heteroatoms. The highest BCUT2D eigenvalue weighted by Gasteiger charge is 2.31. The summed E-state index contributed by atoms with van der Waals surface area (Å²) < 4.78 is 6.27. The van der Waals surface area contributed by atoms with Gasteiger partial charge >= 0.3 is 0 Å². The molecular weight excluding hydrogens is 556 g/mol. The maximum atomic E-state index is 12.0. The quantitative estimate of drug-likeness (QED) is 0.133. The molecule has 0 bridgehead atoms. The van der Waals surface area contributed by atoms with E-state index < -0.39 is 11.5 Å². The summed E-state index contributed by atoms with van der Waals surface area (Å²) in [7, 11) is 0. The predicted molar refractivity (Wildman–Crippen MR) is 172 cm³/mol. The lowest BCUT2D eigenvalue weighted by molar-refractivity contribution is 0.0373. The van der Waals surface area contributed by atoms with Crippen LogP contribution in [0.1, 0.15) is 68.3 Å². The average Bonchev–Trinajstić information content (AvgIpc) is 3.11. The Morgan fingerprint density at radius 1 is 1.32 bits per heavy atom. The largest absolute Gasteiger partial charge is 0.491 e. The van der Waals surface area contributed by atoms with Gasteiger partial charge in [0.05, 0.1) is 17.9 Å². The number of allylic oxidation sites excluding steroid dienone is 1. The summed E-state index contributed by atoms with van der Waals surface area (Å²) in [5.41, 5.74) is 7.08. The molecule has 0 saturated carbocycles. The molecule has 0 aliphatic carbocycles. The number of anilines is 1. The second-order valence-electron chi connectivity index (χ2n) is 11.6. The first-order valence-electron chi connectivity index (χ1n) is 14.8. The van der Waals surface area contributed by atoms with Crippen LogP contribution in [-0.2, 0) is 6.42 Å². The van der Waals surface area contributed by atoms with E-state index in [4.69, 9.17) is 22.1 Å². The number of hydrogen-bond donors (Lipinski definition) is 4. The van der Waals surface area contributed by atoms with E-state index in [9.17, 15) is 15.0 Å². The van der Waals surface area contributed by atoms with Crippen LogP contribution in [0.3, 0.4) is 0 Å². The van der Waals surface area contributed by atoms with Crippen molar-refractivity contribution in [1.82, 2.24) is 0 Å². The van der Waals surface area contributed by atoms with Crippen molar-refractivity contribution in [3.8, 4) is 5.75 Å². The fourth-order valence-corrected chi connectivity index (χ4v) is 5.90. The number of ether oxygens (including phenoxy) is 1. The van der Waals surface area contributed by atoms with Gasteiger partial charge in [0.2, 0.25) is 5.91 Å². The maximum absolute atomic E-state index is 12.0. The number of aryl methyl sites for hydroxylation is 1. The van der Waals surface area contributed by atoms with Gasteiger partial charge < -0.3 is 25.6 Å². The zero-order valence-electron chi connectivity index (χ0n) is 24.5. The summed E-state index contributed by atoms with van der Waals surface area (Å²) >= 11 is 10.5. The Hall–Kier alpha value is -2.19. The Kier molecular flexibility index (Phi) is 13.4. The summed E-state index contributed by atoms with van der Waals surface area (Å²) in [6.07, 6.45) is 9.33. The molecule has 0 spiro atoms. The van der Waals surface area contributed by atoms with Crippen LogP contribution in [-0.4, -0.2) is 53.8 Å². The molecule has 4 atom stereocenters. The second kappa shape index (κ2) is 16.4. The SMILES string of the molecule is CC[C@@H](CN1CC(CCCc2cccc(Cl)c2)COc2ccc(C(N)=O)cc21)CC(O)(/C=C/C[C@H](C)CS)CCO. The summed E-state index contributed by atoms with van der Waals surface area (Å²) in [4.78, 5) is 14.3. The second-order valence-corrected chi connectivity index (χ2v) is 12.4. The lowest BCUT2D eigenvalue weighted by Crippen LogP contribution is -2.38. The van der Waals surface area contributed by atoms with Gasteiger partial charge in [-0.2, -0.15) is 12.6 Å². The zero-order chi connectivity index (χ0) is 29.8. The van der Waals surface area contributed by atoms with Gasteiger partial charge in [-0.05, 0) is 85.6 Å². The van der Waals surface area contributed by atoms with Crippen molar-refractivity contribution in [3.05, 3.63) is 70.8 Å². The van der Waals surface area contributed by atoms with Crippen molar-refractivity contribution < 1.29 is 19.7 Å². The third-order valence-electron chi connectivity index (χ3n) is 8.03. The number of carbonyl (C=O) groups is 1. The van der Waals surface area contributed by atoms with Crippen molar-refractivity contribution in [2.75, 3.05) is 37.0 Å². The van der Waals surface area contributed by atoms with Crippen molar-refractivity contribution in [3.63, 3.8) is 0 Å². The number of nitrogens with two attached hydrogens (primary N) is 1. The van der Waals surface area contributed by atoms with Crippen LogP contribution in [0.4, 0.5) is 5.69 Å². The number of aliphatic hydroxyl groups is 2. The molecule has 1 amide bonds. The van der Waals surface area contributed by atoms with Gasteiger partial charge in [0.1, 0.15) is 5.75 Å². The van der Waals surface area contributed by atoms with E-state index in [1.807, 2.05) is 42.5 Å². The van der Waals surface area contributed by atoms with Gasteiger partial charge in [-0.3, -0.25) is 4.79 Å². The highest BCUT2D eigenvalue weighted by molar-refractivity contribution is 7.80. The first-order valence-corrected chi connectivity index (χ1v) is 15.8. The van der Waals surface area contributed by atoms with E-state index in [0.29, 0.717) is 31.1 Å². The fourth-order valence-electron chi connectivity index (χ4n) is 5.54. The standard InChI is InChI=1S/C33H47ClN2O4S/c1-3-25(19-33(39,15-16-37)14-6-7-24(2)23-41)20-36-21-27(10-4-8-26-9-5-11-29(34)17-26)22-40-31-13-12-28(32(35)38)18-30(31)36/h5-6,9,11-14,17-18,24-25,27,37,39,41H,3-4,7-8,10,15-16,19-23H2,1-2H3,(H2,35,38)/b14-6+/t24-,25+,27?,33?/m0/s1. The van der Waals surface area contributed by atoms with E-state index in [1.54, 1.807) is 6.07 Å². The number of benzene rings is 2. The molecule has 0 fully saturated rings. The van der Waals surface area contributed by atoms with Crippen molar-refractivity contribution in [2.45, 2.75) is 64.4 Å². The monoisotopic (exact) mass is 602 g/mol. The van der Waals surface area contributed by atoms with Crippen molar-refractivity contribution in [1.29, 1.82) is 0 Å². The topological polar surface area (TPSA) is 96.0 Å². The van der Waals surface area contributed by atoms with Crippen LogP contribution in [0.25, 0.3) is 0 Å². The molecule has 1 heterocycles. The Labute approximate surface area is 256 Å². The predicted octanol–water partition coefficient (Wildman–Crippen LogP) is 6.32. The normalized spacial score (nSPS) is 18.3. The molecule has 3 rings (SSSR count). The molecule has 1 aliphatic heterocycles. The molecule has 2 aromatic rings. The lowest BCUT2D eigenvalue weighted by atomic mass is 9.85. The molecule has 4 N–H and O–H groups in total. The molecule has 6 nitrogen and oxygen atoms in total. The molecule has 0 aromatic heterocycles. The van der Waals surface area contributed by atoms with Gasteiger partial charge in [-0.25, -0.2) is 0 Å². The number of fused-ring (bicyclic) bond motifs is 1. The van der Waals surface area contributed by atoms with E-state index in [0.717, 1.165) is 60.9 Å². The number of hydrogen-bond acceptors (Lipinski definition) is 6. The molecular formula is C33H47ClN2O4S. The Bertz CT molecular complexity index is 1150. The Balaban J connectivity index is 1.79. The van der Waals surface area contributed by atoms with E-state index >= 15 is 0 Å². The number of nitrogens with zero attached hydrogens (tertiary/aromatic N) is 1. The van der Waals surface area contributed by atoms with Gasteiger partial charge in [0.25, 0.3) is 0 Å². The average molecular weight is 603 g/mol. The Morgan fingerprint density at radius 2 is 2.12 bits per heavy atom. The number of primary amides is 1. The molecule has 41 heavy (non-hydrogen) atoms. The summed E-state index contributed by atoms with van der Waals surface area (Å²) in [6.45, 7) is 6.22. The molecule has 2 unspecified atom stereocenters. The molecule has 1 aliphatic rings. The van der Waals surface area contributed by atoms with Crippen LogP contribution in [0.2, 0.25) is 5.02 Å². The molecule has 0 radical (unpaired) electrons. The molecule has 226 valence electrons. The van der Waals surface area contributed by atoms with Crippen LogP contribution in [0.15, 0.2) is 54.6 Å². The number of halogens is 1. The zero-order valence-corrected chi connectivity index (χ0v) is 26.1. The van der Waals surface area contributed by atoms with Crippen LogP contribution in [0.5, 0.6) is 5.75 Å². The minimum absolute atomic E-state index is 0.0868. The number of carbonyl (C=O) groups excluding carboxylic acids is 1. The van der Waals surface area contributed by atoms with Crippen LogP contribution in [0, 0.1) is 17.8 Å². The lowest BCUT2D eigenvalue weighted by Gasteiger charge is -2.34. The smallest absolute Gasteiger partial charge is 0.248 e. The van der Waals surface area contributed by atoms with E-state index in [-0.39, 0.29) is 24.9 Å². The van der Waals surface area contributed by atoms with Gasteiger partial charge in [-0.1, -0.05) is 56.2 Å². The number of amides is 1. The summed E-state index contributed by atoms with van der Waals surface area (Å²) in [6, 6.07) is 13.4. The number of rotatable bonds is 16. The highest BCUT2D eigenvalue weighted by atomic mass is 35.5.